The minimum absolute atomic E-state index is 0.0395. The standard InChI is InChI=1S/C22H32ClN3O6/c1-32-16-12-19(22(30)31)26(13-16,20(27)17(25)4-2-3-11-24)18(21(28)29)10-7-14-5-8-15(23)9-6-14/h5-6,8-9,16-19H,2-4,7,10-13,24-25H2,1H3,(H-,28,29,30,31)/p+1/t16-,17-,18?,19-,26-/m0/s1. The lowest BCUT2D eigenvalue weighted by molar-refractivity contribution is -0.877. The number of quaternary nitrogens is 1. The van der Waals surface area contributed by atoms with E-state index in [0.29, 0.717) is 37.3 Å². The van der Waals surface area contributed by atoms with Crippen LogP contribution >= 0.6 is 11.6 Å². The molecule has 32 heavy (non-hydrogen) atoms. The Hall–Kier alpha value is -2.04. The number of ether oxygens (including phenoxy) is 1. The maximum atomic E-state index is 13.7. The summed E-state index contributed by atoms with van der Waals surface area (Å²) in [5.74, 6) is -3.04. The number of unbranched alkanes of at least 4 members (excludes halogenated alkanes) is 1. The number of carboxylic acids is 2. The largest absolute Gasteiger partial charge is 0.477 e. The van der Waals surface area contributed by atoms with Crippen LogP contribution in [-0.4, -0.2) is 77.0 Å². The summed E-state index contributed by atoms with van der Waals surface area (Å²) in [4.78, 5) is 38.3. The van der Waals surface area contributed by atoms with Crippen LogP contribution < -0.4 is 11.5 Å². The molecule has 178 valence electrons. The quantitative estimate of drug-likeness (QED) is 0.264. The number of benzene rings is 1. The van der Waals surface area contributed by atoms with Crippen LogP contribution in [0.25, 0.3) is 0 Å². The fourth-order valence-corrected chi connectivity index (χ4v) is 4.76. The van der Waals surface area contributed by atoms with Gasteiger partial charge in [-0.1, -0.05) is 23.7 Å². The lowest BCUT2D eigenvalue weighted by Gasteiger charge is -2.41. The van der Waals surface area contributed by atoms with E-state index in [1.807, 2.05) is 0 Å². The molecule has 0 spiro atoms. The summed E-state index contributed by atoms with van der Waals surface area (Å²) in [6.07, 6.45) is 1.46. The minimum atomic E-state index is -1.28. The Morgan fingerprint density at radius 3 is 2.38 bits per heavy atom. The number of rotatable bonds is 12. The van der Waals surface area contributed by atoms with Crippen LogP contribution in [0.4, 0.5) is 0 Å². The fourth-order valence-electron chi connectivity index (χ4n) is 4.63. The molecule has 1 aliphatic heterocycles. The van der Waals surface area contributed by atoms with Crippen molar-refractivity contribution in [1.29, 1.82) is 0 Å². The molecular formula is C22H33ClN3O6+. The Bertz CT molecular complexity index is 805. The van der Waals surface area contributed by atoms with Crippen molar-refractivity contribution in [2.45, 2.75) is 62.8 Å². The molecule has 6 N–H and O–H groups in total. The van der Waals surface area contributed by atoms with E-state index in [-0.39, 0.29) is 19.4 Å². The third-order valence-corrected chi connectivity index (χ3v) is 6.58. The van der Waals surface area contributed by atoms with Crippen molar-refractivity contribution in [3.05, 3.63) is 34.9 Å². The minimum Gasteiger partial charge on any atom is -0.477 e. The molecule has 0 bridgehead atoms. The smallest absolute Gasteiger partial charge is 0.363 e. The Kier molecular flexibility index (Phi) is 9.60. The first-order valence-corrected chi connectivity index (χ1v) is 11.2. The number of carbonyl (C=O) groups is 3. The highest BCUT2D eigenvalue weighted by Crippen LogP contribution is 2.36. The number of carbonyl (C=O) groups excluding carboxylic acids is 1. The monoisotopic (exact) mass is 470 g/mol. The zero-order valence-electron chi connectivity index (χ0n) is 18.3. The van der Waals surface area contributed by atoms with Gasteiger partial charge in [-0.25, -0.2) is 18.9 Å². The summed E-state index contributed by atoms with van der Waals surface area (Å²) in [5, 5.41) is 20.7. The van der Waals surface area contributed by atoms with Crippen LogP contribution in [0, 0.1) is 0 Å². The van der Waals surface area contributed by atoms with Gasteiger partial charge in [0, 0.05) is 25.0 Å². The van der Waals surface area contributed by atoms with Crippen LogP contribution in [0.3, 0.4) is 0 Å². The summed E-state index contributed by atoms with van der Waals surface area (Å²) in [7, 11) is 1.43. The summed E-state index contributed by atoms with van der Waals surface area (Å²) >= 11 is 5.92. The van der Waals surface area contributed by atoms with Crippen molar-refractivity contribution < 1.29 is 33.8 Å². The maximum Gasteiger partial charge on any atom is 0.363 e. The number of halogens is 1. The van der Waals surface area contributed by atoms with Gasteiger partial charge in [0.15, 0.2) is 12.1 Å². The van der Waals surface area contributed by atoms with Gasteiger partial charge >= 0.3 is 17.8 Å². The number of nitrogens with zero attached hydrogens (tertiary/aromatic N) is 1. The van der Waals surface area contributed by atoms with Gasteiger partial charge in [-0.15, -0.1) is 0 Å². The van der Waals surface area contributed by atoms with E-state index >= 15 is 0 Å². The van der Waals surface area contributed by atoms with Crippen molar-refractivity contribution in [2.24, 2.45) is 11.5 Å². The van der Waals surface area contributed by atoms with Gasteiger partial charge in [-0.05, 0) is 49.9 Å². The molecule has 1 aromatic rings. The van der Waals surface area contributed by atoms with E-state index in [0.717, 1.165) is 5.56 Å². The molecule has 1 heterocycles. The number of hydrogen-bond donors (Lipinski definition) is 4. The Morgan fingerprint density at radius 1 is 1.19 bits per heavy atom. The van der Waals surface area contributed by atoms with Crippen LogP contribution in [0.5, 0.6) is 0 Å². The van der Waals surface area contributed by atoms with Gasteiger partial charge in [0.05, 0.1) is 0 Å². The first-order valence-electron chi connectivity index (χ1n) is 10.8. The van der Waals surface area contributed by atoms with E-state index in [9.17, 15) is 24.6 Å². The first-order chi connectivity index (χ1) is 15.2. The van der Waals surface area contributed by atoms with Crippen LogP contribution in [0.1, 0.15) is 37.7 Å². The Balaban J connectivity index is 2.43. The second-order valence-corrected chi connectivity index (χ2v) is 8.75. The zero-order chi connectivity index (χ0) is 23.9. The van der Waals surface area contributed by atoms with E-state index in [1.54, 1.807) is 24.3 Å². The summed E-state index contributed by atoms with van der Waals surface area (Å²) < 4.78 is 4.64. The van der Waals surface area contributed by atoms with Crippen molar-refractivity contribution >= 4 is 29.4 Å². The van der Waals surface area contributed by atoms with E-state index in [1.165, 1.54) is 7.11 Å². The normalized spacial score (nSPS) is 24.8. The van der Waals surface area contributed by atoms with Crippen molar-refractivity contribution in [1.82, 2.24) is 0 Å². The number of hydrogen-bond acceptors (Lipinski definition) is 6. The molecule has 1 aromatic carbocycles. The maximum absolute atomic E-state index is 13.7. The van der Waals surface area contributed by atoms with Gasteiger partial charge in [0.2, 0.25) is 0 Å². The molecule has 0 aromatic heterocycles. The molecule has 0 aliphatic carbocycles. The number of nitrogens with two attached hydrogens (primary N) is 2. The average Bonchev–Trinajstić information content (AvgIpc) is 3.15. The average molecular weight is 471 g/mol. The van der Waals surface area contributed by atoms with Crippen LogP contribution in [-0.2, 0) is 25.5 Å². The summed E-state index contributed by atoms with van der Waals surface area (Å²) in [6.45, 7) is 0.401. The molecular weight excluding hydrogens is 438 g/mol. The molecule has 5 atom stereocenters. The number of aryl methyl sites for hydroxylation is 1. The number of amides is 1. The van der Waals surface area contributed by atoms with Crippen molar-refractivity contribution in [2.75, 3.05) is 20.2 Å². The third kappa shape index (κ3) is 5.85. The Labute approximate surface area is 192 Å². The third-order valence-electron chi connectivity index (χ3n) is 6.32. The second kappa shape index (κ2) is 11.7. The van der Waals surface area contributed by atoms with Gasteiger partial charge in [0.1, 0.15) is 18.7 Å². The van der Waals surface area contributed by atoms with Gasteiger partial charge < -0.3 is 26.4 Å². The van der Waals surface area contributed by atoms with E-state index < -0.39 is 46.6 Å². The fraction of sp³-hybridized carbons (Fsp3) is 0.591. The second-order valence-electron chi connectivity index (χ2n) is 8.31. The number of aliphatic carboxylic acids is 2. The van der Waals surface area contributed by atoms with Gasteiger partial charge in [-0.2, -0.15) is 0 Å². The molecule has 0 radical (unpaired) electrons. The SMILES string of the molecule is CO[C@H]1C[C@@H](C(=O)O)[N@@+](C(=O)[C@@H](N)CCCCN)(C(CCc2ccc(Cl)cc2)C(=O)O)C1. The lowest BCUT2D eigenvalue weighted by Crippen LogP contribution is -2.70. The highest BCUT2D eigenvalue weighted by molar-refractivity contribution is 6.30. The molecule has 0 saturated carbocycles. The lowest BCUT2D eigenvalue weighted by atomic mass is 9.97. The number of methoxy groups -OCH3 is 1. The predicted octanol–water partition coefficient (Wildman–Crippen LogP) is 1.40. The molecule has 1 fully saturated rings. The molecule has 1 unspecified atom stereocenters. The molecule has 9 nitrogen and oxygen atoms in total. The number of likely N-dealkylation sites (tertiary alicyclic amines) is 1. The topological polar surface area (TPSA) is 153 Å². The molecule has 1 aliphatic rings. The zero-order valence-corrected chi connectivity index (χ0v) is 19.0. The molecule has 1 saturated heterocycles. The number of carboxylic acid groups (broad SMARTS) is 2. The molecule has 2 rings (SSSR count). The van der Waals surface area contributed by atoms with Gasteiger partial charge in [-0.3, -0.25) is 0 Å². The Morgan fingerprint density at radius 2 is 1.84 bits per heavy atom. The van der Waals surface area contributed by atoms with E-state index in [2.05, 4.69) is 0 Å². The molecule has 1 amide bonds. The van der Waals surface area contributed by atoms with E-state index in [4.69, 9.17) is 27.8 Å². The van der Waals surface area contributed by atoms with Crippen molar-refractivity contribution in [3.8, 4) is 0 Å². The predicted molar refractivity (Wildman–Crippen MR) is 119 cm³/mol. The van der Waals surface area contributed by atoms with Crippen molar-refractivity contribution in [3.63, 3.8) is 0 Å². The summed E-state index contributed by atoms with van der Waals surface area (Å²) in [5.41, 5.74) is 12.5. The summed E-state index contributed by atoms with van der Waals surface area (Å²) in [6, 6.07) is 3.44. The molecule has 10 heteroatoms. The van der Waals surface area contributed by atoms with Gasteiger partial charge in [0.25, 0.3) is 0 Å². The highest BCUT2D eigenvalue weighted by Gasteiger charge is 2.62. The highest BCUT2D eigenvalue weighted by atomic mass is 35.5. The first kappa shape index (κ1) is 26.2. The van der Waals surface area contributed by atoms with Crippen LogP contribution in [0.2, 0.25) is 5.02 Å². The van der Waals surface area contributed by atoms with Crippen LogP contribution in [0.15, 0.2) is 24.3 Å².